The molecule has 0 saturated heterocycles. The molecule has 0 aliphatic carbocycles. The van der Waals surface area contributed by atoms with Gasteiger partial charge in [0.05, 0.1) is 4.47 Å². The number of aromatic nitrogens is 3. The van der Waals surface area contributed by atoms with Crippen molar-refractivity contribution >= 4 is 27.5 Å². The largest absolute Gasteiger partial charge is 0.333 e. The van der Waals surface area contributed by atoms with Crippen molar-refractivity contribution in [3.8, 4) is 0 Å². The number of alkyl halides is 1. The van der Waals surface area contributed by atoms with Gasteiger partial charge in [-0.05, 0) is 39.0 Å². The Morgan fingerprint density at radius 1 is 1.29 bits per heavy atom. The number of nitrogens with zero attached hydrogens (tertiary/aromatic N) is 4. The average molecular weight is 389 g/mol. The second-order valence-electron chi connectivity index (χ2n) is 5.82. The molecule has 1 aliphatic heterocycles. The summed E-state index contributed by atoms with van der Waals surface area (Å²) in [4.78, 5) is 18.7. The van der Waals surface area contributed by atoms with Crippen molar-refractivity contribution in [3.05, 3.63) is 63.5 Å². The molecule has 0 saturated carbocycles. The van der Waals surface area contributed by atoms with Gasteiger partial charge in [0.1, 0.15) is 6.67 Å². The Morgan fingerprint density at radius 2 is 2.17 bits per heavy atom. The van der Waals surface area contributed by atoms with Gasteiger partial charge in [0.25, 0.3) is 5.91 Å². The molecule has 1 aromatic carbocycles. The Bertz CT molecular complexity index is 939. The zero-order chi connectivity index (χ0) is 16.7. The molecule has 4 rings (SSSR count). The highest BCUT2D eigenvalue weighted by Crippen LogP contribution is 2.22. The number of rotatable bonds is 2. The molecule has 0 atom stereocenters. The maximum Gasteiger partial charge on any atom is 0.274 e. The lowest BCUT2D eigenvalue weighted by atomic mass is 9.97. The van der Waals surface area contributed by atoms with E-state index in [1.165, 1.54) is 5.56 Å². The minimum Gasteiger partial charge on any atom is -0.333 e. The van der Waals surface area contributed by atoms with E-state index in [-0.39, 0.29) is 5.91 Å². The van der Waals surface area contributed by atoms with Crippen molar-refractivity contribution in [1.82, 2.24) is 19.5 Å². The van der Waals surface area contributed by atoms with Gasteiger partial charge in [-0.3, -0.25) is 4.79 Å². The van der Waals surface area contributed by atoms with Crippen molar-refractivity contribution < 1.29 is 9.18 Å². The molecular weight excluding hydrogens is 375 g/mol. The maximum atomic E-state index is 12.9. The number of hydrogen-bond acceptors (Lipinski definition) is 3. The van der Waals surface area contributed by atoms with Crippen molar-refractivity contribution in [3.63, 3.8) is 0 Å². The Hall–Kier alpha value is -2.28. The number of carbonyl (C=O) groups is 1. The number of carbonyl (C=O) groups excluding carboxylic acids is 1. The van der Waals surface area contributed by atoms with Crippen LogP contribution in [-0.2, 0) is 19.6 Å². The molecule has 0 radical (unpaired) electrons. The summed E-state index contributed by atoms with van der Waals surface area (Å²) >= 11 is 3.34. The van der Waals surface area contributed by atoms with Gasteiger partial charge < -0.3 is 4.90 Å². The summed E-state index contributed by atoms with van der Waals surface area (Å²) in [6.07, 6.45) is 4.20. The highest BCUT2D eigenvalue weighted by atomic mass is 79.9. The van der Waals surface area contributed by atoms with Gasteiger partial charge in [0.2, 0.25) is 0 Å². The second kappa shape index (κ2) is 5.98. The van der Waals surface area contributed by atoms with E-state index >= 15 is 0 Å². The van der Waals surface area contributed by atoms with E-state index in [2.05, 4.69) is 26.0 Å². The summed E-state index contributed by atoms with van der Waals surface area (Å²) in [5.41, 5.74) is 3.82. The van der Waals surface area contributed by atoms with Crippen LogP contribution in [0.1, 0.15) is 27.2 Å². The molecule has 122 valence electrons. The first-order chi connectivity index (χ1) is 11.6. The van der Waals surface area contributed by atoms with Gasteiger partial charge in [0, 0.05) is 31.5 Å². The van der Waals surface area contributed by atoms with Gasteiger partial charge in [-0.15, -0.1) is 0 Å². The number of amides is 1. The summed E-state index contributed by atoms with van der Waals surface area (Å²) in [5, 5.41) is 4.31. The van der Waals surface area contributed by atoms with Crippen LogP contribution in [0.5, 0.6) is 0 Å². The van der Waals surface area contributed by atoms with Gasteiger partial charge >= 0.3 is 0 Å². The molecular formula is C17H14BrFN4O. The second-order valence-corrected chi connectivity index (χ2v) is 6.73. The standard InChI is InChI=1S/C17H14BrFN4O/c18-14-8-20-16-6-15(21-23(16)10-14)17(24)22-4-3-12-2-1-11(7-19)5-13(12)9-22/h1-2,5-6,8,10H,3-4,7,9H2. The van der Waals surface area contributed by atoms with Crippen LogP contribution in [-0.4, -0.2) is 31.9 Å². The lowest BCUT2D eigenvalue weighted by Gasteiger charge is -2.28. The van der Waals surface area contributed by atoms with E-state index in [9.17, 15) is 9.18 Å². The van der Waals surface area contributed by atoms with Gasteiger partial charge in [-0.1, -0.05) is 18.2 Å². The lowest BCUT2D eigenvalue weighted by Crippen LogP contribution is -2.36. The zero-order valence-corrected chi connectivity index (χ0v) is 14.3. The highest BCUT2D eigenvalue weighted by Gasteiger charge is 2.24. The van der Waals surface area contributed by atoms with Gasteiger partial charge in [-0.2, -0.15) is 5.10 Å². The highest BCUT2D eigenvalue weighted by molar-refractivity contribution is 9.10. The summed E-state index contributed by atoms with van der Waals surface area (Å²) < 4.78 is 15.2. The third-order valence-corrected chi connectivity index (χ3v) is 4.63. The minimum absolute atomic E-state index is 0.132. The first-order valence-corrected chi connectivity index (χ1v) is 8.40. The van der Waals surface area contributed by atoms with E-state index in [1.807, 2.05) is 18.2 Å². The molecule has 0 spiro atoms. The fourth-order valence-electron chi connectivity index (χ4n) is 2.99. The van der Waals surface area contributed by atoms with Crippen LogP contribution in [0, 0.1) is 0 Å². The van der Waals surface area contributed by atoms with Gasteiger partial charge in [0.15, 0.2) is 11.3 Å². The first-order valence-electron chi connectivity index (χ1n) is 7.61. The monoisotopic (exact) mass is 388 g/mol. The normalized spacial score (nSPS) is 14.0. The Labute approximate surface area is 146 Å². The van der Waals surface area contributed by atoms with Crippen molar-refractivity contribution in [2.24, 2.45) is 0 Å². The topological polar surface area (TPSA) is 50.5 Å². The molecule has 0 unspecified atom stereocenters. The van der Waals surface area contributed by atoms with E-state index < -0.39 is 6.67 Å². The quantitative estimate of drug-likeness (QED) is 0.677. The predicted octanol–water partition coefficient (Wildman–Crippen LogP) is 3.16. The molecule has 24 heavy (non-hydrogen) atoms. The smallest absolute Gasteiger partial charge is 0.274 e. The summed E-state index contributed by atoms with van der Waals surface area (Å²) in [5.74, 6) is -0.132. The molecule has 0 fully saturated rings. The average Bonchev–Trinajstić information content (AvgIpc) is 3.03. The summed E-state index contributed by atoms with van der Waals surface area (Å²) in [6, 6.07) is 7.29. The molecule has 3 heterocycles. The fourth-order valence-corrected chi connectivity index (χ4v) is 3.28. The van der Waals surface area contributed by atoms with E-state index in [1.54, 1.807) is 27.9 Å². The van der Waals surface area contributed by atoms with Gasteiger partial charge in [-0.25, -0.2) is 13.9 Å². The third kappa shape index (κ3) is 2.69. The van der Waals surface area contributed by atoms with E-state index in [0.717, 1.165) is 16.5 Å². The minimum atomic E-state index is -0.492. The molecule has 5 nitrogen and oxygen atoms in total. The number of benzene rings is 1. The van der Waals surface area contributed by atoms with Crippen molar-refractivity contribution in [2.75, 3.05) is 6.54 Å². The number of halogens is 2. The zero-order valence-electron chi connectivity index (χ0n) is 12.7. The molecule has 1 amide bonds. The Morgan fingerprint density at radius 3 is 3.00 bits per heavy atom. The summed E-state index contributed by atoms with van der Waals surface area (Å²) in [7, 11) is 0. The molecule has 3 aromatic rings. The molecule has 0 N–H and O–H groups in total. The van der Waals surface area contributed by atoms with Crippen LogP contribution in [0.4, 0.5) is 4.39 Å². The number of hydrogen-bond donors (Lipinski definition) is 0. The third-order valence-electron chi connectivity index (χ3n) is 4.23. The van der Waals surface area contributed by atoms with Crippen LogP contribution < -0.4 is 0 Å². The van der Waals surface area contributed by atoms with E-state index in [0.29, 0.717) is 30.0 Å². The SMILES string of the molecule is O=C(c1cc2ncc(Br)cn2n1)N1CCc2ccc(CF)cc2C1. The fraction of sp³-hybridized carbons (Fsp3) is 0.235. The Kier molecular flexibility index (Phi) is 3.80. The molecule has 2 aromatic heterocycles. The van der Waals surface area contributed by atoms with Crippen molar-refractivity contribution in [2.45, 2.75) is 19.6 Å². The van der Waals surface area contributed by atoms with E-state index in [4.69, 9.17) is 0 Å². The predicted molar refractivity (Wildman–Crippen MR) is 90.4 cm³/mol. The molecule has 7 heteroatoms. The first kappa shape index (κ1) is 15.3. The molecule has 1 aliphatic rings. The van der Waals surface area contributed by atoms with Crippen LogP contribution >= 0.6 is 15.9 Å². The van der Waals surface area contributed by atoms with Crippen LogP contribution in [0.3, 0.4) is 0 Å². The maximum absolute atomic E-state index is 12.9. The number of fused-ring (bicyclic) bond motifs is 2. The molecule has 0 bridgehead atoms. The van der Waals surface area contributed by atoms with Crippen LogP contribution in [0.2, 0.25) is 0 Å². The Balaban J connectivity index is 1.62. The van der Waals surface area contributed by atoms with Crippen molar-refractivity contribution in [1.29, 1.82) is 0 Å². The summed E-state index contributed by atoms with van der Waals surface area (Å²) in [6.45, 7) is 0.618. The lowest BCUT2D eigenvalue weighted by molar-refractivity contribution is 0.0728. The van der Waals surface area contributed by atoms with Crippen LogP contribution in [0.25, 0.3) is 5.65 Å². The van der Waals surface area contributed by atoms with Crippen LogP contribution in [0.15, 0.2) is 41.1 Å².